The number of alkyl halides is 4. The Morgan fingerprint density at radius 1 is 1.08 bits per heavy atom. The van der Waals surface area contributed by atoms with Crippen LogP contribution in [0.15, 0.2) is 0 Å². The van der Waals surface area contributed by atoms with Gasteiger partial charge in [0.15, 0.2) is 0 Å². The number of hydrogen-bond donors (Lipinski definition) is 2. The highest BCUT2D eigenvalue weighted by Gasteiger charge is 2.52. The first kappa shape index (κ1) is 28.8. The van der Waals surface area contributed by atoms with Crippen molar-refractivity contribution in [2.24, 2.45) is 11.8 Å². The van der Waals surface area contributed by atoms with Crippen LogP contribution in [0.2, 0.25) is 0 Å². The van der Waals surface area contributed by atoms with Crippen LogP contribution in [0.25, 0.3) is 0 Å². The van der Waals surface area contributed by atoms with Crippen molar-refractivity contribution in [3.05, 3.63) is 0 Å². The van der Waals surface area contributed by atoms with Gasteiger partial charge in [-0.3, -0.25) is 15.0 Å². The first-order valence-electron chi connectivity index (χ1n) is 13.8. The molecule has 38 heavy (non-hydrogen) atoms. The number of fused-ring (bicyclic) bond motifs is 3. The molecule has 0 aromatic heterocycles. The molecule has 2 N–H and O–H groups in total. The molecule has 218 valence electrons. The Bertz CT molecular complexity index is 982. The van der Waals surface area contributed by atoms with Crippen LogP contribution < -0.4 is 10.7 Å². The van der Waals surface area contributed by atoms with E-state index in [0.717, 1.165) is 43.5 Å². The Kier molecular flexibility index (Phi) is 8.30. The van der Waals surface area contributed by atoms with Gasteiger partial charge in [0.1, 0.15) is 6.04 Å². The first-order chi connectivity index (χ1) is 17.8. The number of hydrazine groups is 1. The number of likely N-dealkylation sites (tertiary alicyclic amines) is 1. The monoisotopic (exact) mass is 584 g/mol. The van der Waals surface area contributed by atoms with Gasteiger partial charge in [-0.1, -0.05) is 0 Å². The quantitative estimate of drug-likeness (QED) is 0.376. The highest BCUT2D eigenvalue weighted by molar-refractivity contribution is 7.88. The van der Waals surface area contributed by atoms with Crippen molar-refractivity contribution in [3.63, 3.8) is 0 Å². The molecule has 0 aromatic carbocycles. The van der Waals surface area contributed by atoms with E-state index >= 15 is 0 Å². The molecule has 4 unspecified atom stereocenters. The molecule has 4 heterocycles. The zero-order valence-electron chi connectivity index (χ0n) is 22.0. The van der Waals surface area contributed by atoms with Gasteiger partial charge in [-0.15, -0.1) is 11.6 Å². The zero-order chi connectivity index (χ0) is 27.4. The van der Waals surface area contributed by atoms with Gasteiger partial charge in [-0.25, -0.2) is 23.2 Å². The lowest BCUT2D eigenvalue weighted by Crippen LogP contribution is -2.70. The predicted molar refractivity (Wildman–Crippen MR) is 137 cm³/mol. The lowest BCUT2D eigenvalue weighted by Gasteiger charge is -2.53. The van der Waals surface area contributed by atoms with Gasteiger partial charge in [0.05, 0.1) is 23.8 Å². The molecule has 5 rings (SSSR count). The second-order valence-electron chi connectivity index (χ2n) is 11.8. The van der Waals surface area contributed by atoms with E-state index in [-0.39, 0.29) is 37.2 Å². The van der Waals surface area contributed by atoms with Gasteiger partial charge >= 0.3 is 6.18 Å². The van der Waals surface area contributed by atoms with Crippen LogP contribution in [0, 0.1) is 11.8 Å². The van der Waals surface area contributed by atoms with Crippen LogP contribution in [-0.4, -0.2) is 115 Å². The molecule has 6 atom stereocenters. The van der Waals surface area contributed by atoms with Gasteiger partial charge in [0.2, 0.25) is 15.9 Å². The lowest BCUT2D eigenvalue weighted by atomic mass is 9.78. The molecule has 0 aromatic rings. The van der Waals surface area contributed by atoms with E-state index in [2.05, 4.69) is 20.7 Å². The first-order valence-corrected chi connectivity index (χ1v) is 16.1. The fraction of sp³-hybridized carbons (Fsp3) is 0.958. The van der Waals surface area contributed by atoms with Crippen molar-refractivity contribution in [3.8, 4) is 0 Å². The number of halogens is 4. The summed E-state index contributed by atoms with van der Waals surface area (Å²) >= 11 is 6.35. The van der Waals surface area contributed by atoms with E-state index in [1.54, 1.807) is 0 Å². The third-order valence-corrected chi connectivity index (χ3v) is 11.0. The van der Waals surface area contributed by atoms with Crippen LogP contribution in [0.1, 0.15) is 51.4 Å². The van der Waals surface area contributed by atoms with Crippen molar-refractivity contribution in [1.82, 2.24) is 29.9 Å². The predicted octanol–water partition coefficient (Wildman–Crippen LogP) is 1.75. The Balaban J connectivity index is 1.22. The van der Waals surface area contributed by atoms with Crippen LogP contribution in [-0.2, 0) is 14.8 Å². The molecule has 0 bridgehead atoms. The number of amides is 1. The van der Waals surface area contributed by atoms with Crippen molar-refractivity contribution >= 4 is 27.5 Å². The summed E-state index contributed by atoms with van der Waals surface area (Å²) in [5.41, 5.74) is 3.30. The van der Waals surface area contributed by atoms with E-state index in [1.165, 1.54) is 11.4 Å². The van der Waals surface area contributed by atoms with Crippen LogP contribution in [0.4, 0.5) is 13.2 Å². The minimum absolute atomic E-state index is 0.0535. The number of sulfonamides is 1. The highest BCUT2D eigenvalue weighted by Crippen LogP contribution is 2.41. The van der Waals surface area contributed by atoms with Gasteiger partial charge in [0, 0.05) is 51.2 Å². The summed E-state index contributed by atoms with van der Waals surface area (Å²) in [6.07, 6.45) is 2.09. The minimum atomic E-state index is -4.55. The lowest BCUT2D eigenvalue weighted by molar-refractivity contribution is -0.203. The van der Waals surface area contributed by atoms with Crippen molar-refractivity contribution in [2.45, 2.75) is 93.4 Å². The maximum absolute atomic E-state index is 14.4. The number of carbonyl (C=O) groups is 1. The van der Waals surface area contributed by atoms with Crippen LogP contribution >= 0.6 is 11.6 Å². The number of piperidine rings is 1. The second-order valence-corrected chi connectivity index (χ2v) is 14.3. The second kappa shape index (κ2) is 10.9. The van der Waals surface area contributed by atoms with Crippen molar-refractivity contribution < 1.29 is 26.4 Å². The summed E-state index contributed by atoms with van der Waals surface area (Å²) in [6, 6.07) is -1.01. The van der Waals surface area contributed by atoms with E-state index in [0.29, 0.717) is 37.8 Å². The third-order valence-electron chi connectivity index (χ3n) is 9.49. The third kappa shape index (κ3) is 5.71. The molecule has 0 radical (unpaired) electrons. The van der Waals surface area contributed by atoms with Crippen molar-refractivity contribution in [2.75, 3.05) is 39.5 Å². The Labute approximate surface area is 228 Å². The average Bonchev–Trinajstić information content (AvgIpc) is 3.49. The number of nitrogens with zero attached hydrogens (tertiary/aromatic N) is 4. The molecule has 14 heteroatoms. The standard InChI is InChI=1S/C24H40ClF3N6O3S/c1-31(23(35)16-9-11-32(14-16)38(2,36)37)22(24(26,27)28)15-5-7-17(8-6-15)33-10-3-4-18-19(33)13-29-21-12-20(25)30-34(18)21/h15-22,29-30H,3-14H2,1-2H3/t15?,16-,17?,18?,19?,20?,21?,22+/m1/s1. The summed E-state index contributed by atoms with van der Waals surface area (Å²) < 4.78 is 67.9. The molecule has 9 nitrogen and oxygen atoms in total. The fourth-order valence-electron chi connectivity index (χ4n) is 7.68. The number of carbonyl (C=O) groups excluding carboxylic acids is 1. The highest BCUT2D eigenvalue weighted by atomic mass is 35.5. The summed E-state index contributed by atoms with van der Waals surface area (Å²) in [6.45, 7) is 1.91. The number of hydrogen-bond acceptors (Lipinski definition) is 7. The van der Waals surface area contributed by atoms with Gasteiger partial charge in [0.25, 0.3) is 0 Å². The van der Waals surface area contributed by atoms with Gasteiger partial charge in [-0.2, -0.15) is 13.2 Å². The van der Waals surface area contributed by atoms with Gasteiger partial charge in [-0.05, 0) is 57.4 Å². The number of nitrogens with one attached hydrogen (secondary N) is 2. The molecule has 1 aliphatic carbocycles. The molecule has 5 aliphatic rings. The normalized spacial score (nSPS) is 38.5. The minimum Gasteiger partial charge on any atom is -0.333 e. The van der Waals surface area contributed by atoms with Crippen molar-refractivity contribution in [1.29, 1.82) is 0 Å². The Morgan fingerprint density at radius 2 is 1.79 bits per heavy atom. The zero-order valence-corrected chi connectivity index (χ0v) is 23.6. The van der Waals surface area contributed by atoms with Crippen LogP contribution in [0.3, 0.4) is 0 Å². The maximum Gasteiger partial charge on any atom is 0.409 e. The van der Waals surface area contributed by atoms with Gasteiger partial charge < -0.3 is 4.90 Å². The van der Waals surface area contributed by atoms with Crippen LogP contribution in [0.5, 0.6) is 0 Å². The Hall–Kier alpha value is -0.700. The average molecular weight is 585 g/mol. The molecular formula is C24H40ClF3N6O3S. The fourth-order valence-corrected chi connectivity index (χ4v) is 8.85. The summed E-state index contributed by atoms with van der Waals surface area (Å²) in [4.78, 5) is 16.5. The molecular weight excluding hydrogens is 545 g/mol. The largest absolute Gasteiger partial charge is 0.409 e. The molecule has 4 saturated heterocycles. The molecule has 1 amide bonds. The SMILES string of the molecule is CN(C(=O)[C@@H]1CCN(S(C)(=O)=O)C1)[C@@H](C1CCC(N2CCCC3C2CNC2CC(Cl)NN23)CC1)C(F)(F)F. The Morgan fingerprint density at radius 3 is 2.42 bits per heavy atom. The molecule has 5 fully saturated rings. The summed E-state index contributed by atoms with van der Waals surface area (Å²) in [5, 5.41) is 5.86. The molecule has 1 saturated carbocycles. The number of rotatable bonds is 5. The summed E-state index contributed by atoms with van der Waals surface area (Å²) in [5.74, 6) is -2.02. The van der Waals surface area contributed by atoms with E-state index in [1.807, 2.05) is 0 Å². The van der Waals surface area contributed by atoms with E-state index < -0.39 is 40.0 Å². The topological polar surface area (TPSA) is 88.2 Å². The smallest absolute Gasteiger partial charge is 0.333 e. The molecule has 4 aliphatic heterocycles. The summed E-state index contributed by atoms with van der Waals surface area (Å²) in [7, 11) is -2.24. The van der Waals surface area contributed by atoms with E-state index in [9.17, 15) is 26.4 Å². The van der Waals surface area contributed by atoms with E-state index in [4.69, 9.17) is 11.6 Å². The maximum atomic E-state index is 14.4. The molecule has 0 spiro atoms.